The van der Waals surface area contributed by atoms with Crippen LogP contribution in [-0.4, -0.2) is 24.4 Å². The summed E-state index contributed by atoms with van der Waals surface area (Å²) in [5.41, 5.74) is -0.923. The Morgan fingerprint density at radius 3 is 2.50 bits per heavy atom. The van der Waals surface area contributed by atoms with Crippen molar-refractivity contribution in [3.05, 3.63) is 35.4 Å². The normalized spacial score (nSPS) is 17.9. The first-order chi connectivity index (χ1) is 10.4. The van der Waals surface area contributed by atoms with Crippen LogP contribution < -0.4 is 0 Å². The van der Waals surface area contributed by atoms with Crippen LogP contribution in [0.1, 0.15) is 44.6 Å². The van der Waals surface area contributed by atoms with Gasteiger partial charge in [-0.05, 0) is 44.7 Å². The number of nitrogens with zero attached hydrogens (tertiary/aromatic N) is 1. The van der Waals surface area contributed by atoms with Crippen molar-refractivity contribution in [2.75, 3.05) is 7.11 Å². The fourth-order valence-corrected chi connectivity index (χ4v) is 2.52. The Balaban J connectivity index is 2.29. The summed E-state index contributed by atoms with van der Waals surface area (Å²) in [4.78, 5) is 17.4. The summed E-state index contributed by atoms with van der Waals surface area (Å²) >= 11 is 0. The minimum absolute atomic E-state index is 0.146. The second-order valence-corrected chi connectivity index (χ2v) is 5.66. The molecule has 0 unspecified atom stereocenters. The van der Waals surface area contributed by atoms with Crippen LogP contribution in [0.25, 0.3) is 0 Å². The molecule has 0 aromatic heterocycles. The van der Waals surface area contributed by atoms with Crippen molar-refractivity contribution < 1.29 is 23.1 Å². The number of methoxy groups -OCH3 is 1. The highest BCUT2D eigenvalue weighted by Crippen LogP contribution is 2.31. The summed E-state index contributed by atoms with van der Waals surface area (Å²) < 4.78 is 31.5. The quantitative estimate of drug-likeness (QED) is 0.485. The van der Waals surface area contributed by atoms with Crippen molar-refractivity contribution in [1.82, 2.24) is 0 Å². The minimum atomic E-state index is -0.887. The molecule has 0 saturated heterocycles. The second kappa shape index (κ2) is 6.85. The zero-order chi connectivity index (χ0) is 16.2. The number of benzene rings is 1. The number of oxime groups is 1. The SMILES string of the molecule is COC(=O)C(=NOC1(C)CCCCC1)c1ccc(F)cc1F. The summed E-state index contributed by atoms with van der Waals surface area (Å²) in [5, 5.41) is 3.83. The first-order valence-electron chi connectivity index (χ1n) is 7.25. The monoisotopic (exact) mass is 311 g/mol. The van der Waals surface area contributed by atoms with E-state index in [4.69, 9.17) is 4.84 Å². The van der Waals surface area contributed by atoms with E-state index in [0.29, 0.717) is 6.07 Å². The van der Waals surface area contributed by atoms with E-state index >= 15 is 0 Å². The van der Waals surface area contributed by atoms with Gasteiger partial charge >= 0.3 is 5.97 Å². The van der Waals surface area contributed by atoms with Gasteiger partial charge in [-0.2, -0.15) is 0 Å². The number of carbonyl (C=O) groups is 1. The predicted octanol–water partition coefficient (Wildman–Crippen LogP) is 3.58. The van der Waals surface area contributed by atoms with E-state index in [1.807, 2.05) is 6.92 Å². The molecule has 1 aromatic rings. The van der Waals surface area contributed by atoms with E-state index in [1.54, 1.807) is 0 Å². The van der Waals surface area contributed by atoms with Gasteiger partial charge in [0, 0.05) is 11.6 Å². The summed E-state index contributed by atoms with van der Waals surface area (Å²) in [7, 11) is 1.17. The summed E-state index contributed by atoms with van der Waals surface area (Å²) in [6.45, 7) is 1.91. The van der Waals surface area contributed by atoms with Gasteiger partial charge in [-0.25, -0.2) is 13.6 Å². The Morgan fingerprint density at radius 1 is 1.23 bits per heavy atom. The lowest BCUT2D eigenvalue weighted by Crippen LogP contribution is -2.31. The van der Waals surface area contributed by atoms with Crippen molar-refractivity contribution in [1.29, 1.82) is 0 Å². The van der Waals surface area contributed by atoms with E-state index in [0.717, 1.165) is 44.2 Å². The van der Waals surface area contributed by atoms with Crippen LogP contribution in [0.2, 0.25) is 0 Å². The topological polar surface area (TPSA) is 47.9 Å². The maximum absolute atomic E-state index is 13.9. The second-order valence-electron chi connectivity index (χ2n) is 5.66. The molecule has 1 aromatic carbocycles. The van der Waals surface area contributed by atoms with Gasteiger partial charge in [-0.15, -0.1) is 0 Å². The standard InChI is InChI=1S/C16H19F2NO3/c1-16(8-4-3-5-9-16)22-19-14(15(20)21-2)12-7-6-11(17)10-13(12)18/h6-7,10H,3-5,8-9H2,1-2H3. The Morgan fingerprint density at radius 2 is 1.91 bits per heavy atom. The summed E-state index contributed by atoms with van der Waals surface area (Å²) in [5.74, 6) is -2.45. The predicted molar refractivity (Wildman–Crippen MR) is 77.5 cm³/mol. The van der Waals surface area contributed by atoms with Crippen LogP contribution in [-0.2, 0) is 14.4 Å². The number of halogens is 2. The van der Waals surface area contributed by atoms with Gasteiger partial charge < -0.3 is 9.57 Å². The number of hydrogen-bond donors (Lipinski definition) is 0. The van der Waals surface area contributed by atoms with Crippen molar-refractivity contribution in [2.24, 2.45) is 5.16 Å². The molecule has 4 nitrogen and oxygen atoms in total. The molecule has 0 heterocycles. The van der Waals surface area contributed by atoms with Crippen molar-refractivity contribution in [3.8, 4) is 0 Å². The molecule has 1 saturated carbocycles. The average molecular weight is 311 g/mol. The highest BCUT2D eigenvalue weighted by Gasteiger charge is 2.30. The number of carbonyl (C=O) groups excluding carboxylic acids is 1. The van der Waals surface area contributed by atoms with E-state index in [2.05, 4.69) is 9.89 Å². The first-order valence-corrected chi connectivity index (χ1v) is 7.25. The number of hydrogen-bond acceptors (Lipinski definition) is 4. The van der Waals surface area contributed by atoms with Crippen LogP contribution in [0.4, 0.5) is 8.78 Å². The third-order valence-corrected chi connectivity index (χ3v) is 3.83. The van der Waals surface area contributed by atoms with Gasteiger partial charge in [-0.3, -0.25) is 0 Å². The van der Waals surface area contributed by atoms with Gasteiger partial charge in [-0.1, -0.05) is 11.6 Å². The zero-order valence-electron chi connectivity index (χ0n) is 12.7. The first kappa shape index (κ1) is 16.4. The summed E-state index contributed by atoms with van der Waals surface area (Å²) in [6, 6.07) is 2.89. The maximum atomic E-state index is 13.9. The molecule has 0 bridgehead atoms. The Kier molecular flexibility index (Phi) is 5.11. The molecule has 1 aliphatic rings. The molecule has 0 aliphatic heterocycles. The maximum Gasteiger partial charge on any atom is 0.360 e. The molecular weight excluding hydrogens is 292 g/mol. The molecule has 0 N–H and O–H groups in total. The third kappa shape index (κ3) is 3.81. The molecule has 2 rings (SSSR count). The molecule has 1 aliphatic carbocycles. The molecule has 6 heteroatoms. The smallest absolute Gasteiger partial charge is 0.360 e. The van der Waals surface area contributed by atoms with E-state index in [9.17, 15) is 13.6 Å². The molecule has 0 spiro atoms. The van der Waals surface area contributed by atoms with Gasteiger partial charge in [0.2, 0.25) is 0 Å². The molecule has 120 valence electrons. The summed E-state index contributed by atoms with van der Waals surface area (Å²) in [6.07, 6.45) is 4.81. The van der Waals surface area contributed by atoms with Crippen LogP contribution in [0.5, 0.6) is 0 Å². The molecular formula is C16H19F2NO3. The molecule has 0 radical (unpaired) electrons. The lowest BCUT2D eigenvalue weighted by molar-refractivity contribution is -0.133. The van der Waals surface area contributed by atoms with Crippen LogP contribution >= 0.6 is 0 Å². The lowest BCUT2D eigenvalue weighted by atomic mass is 9.87. The molecule has 0 amide bonds. The van der Waals surface area contributed by atoms with Crippen molar-refractivity contribution in [3.63, 3.8) is 0 Å². The van der Waals surface area contributed by atoms with E-state index in [1.165, 1.54) is 7.11 Å². The largest absolute Gasteiger partial charge is 0.464 e. The van der Waals surface area contributed by atoms with Gasteiger partial charge in [0.15, 0.2) is 5.71 Å². The zero-order valence-corrected chi connectivity index (χ0v) is 12.7. The fourth-order valence-electron chi connectivity index (χ4n) is 2.52. The van der Waals surface area contributed by atoms with Crippen LogP contribution in [0.15, 0.2) is 23.4 Å². The lowest BCUT2D eigenvalue weighted by Gasteiger charge is -2.31. The number of rotatable bonds is 4. The number of esters is 1. The third-order valence-electron chi connectivity index (χ3n) is 3.83. The highest BCUT2D eigenvalue weighted by molar-refractivity contribution is 6.43. The van der Waals surface area contributed by atoms with Crippen LogP contribution in [0.3, 0.4) is 0 Å². The van der Waals surface area contributed by atoms with E-state index in [-0.39, 0.29) is 11.3 Å². The Labute approximate surface area is 128 Å². The highest BCUT2D eigenvalue weighted by atomic mass is 19.1. The Bertz CT molecular complexity index is 581. The van der Waals surface area contributed by atoms with Crippen LogP contribution in [0, 0.1) is 11.6 Å². The molecule has 22 heavy (non-hydrogen) atoms. The van der Waals surface area contributed by atoms with Gasteiger partial charge in [0.1, 0.15) is 17.2 Å². The molecule has 1 fully saturated rings. The van der Waals surface area contributed by atoms with Gasteiger partial charge in [0.25, 0.3) is 0 Å². The fraction of sp³-hybridized carbons (Fsp3) is 0.500. The van der Waals surface area contributed by atoms with E-state index < -0.39 is 23.2 Å². The average Bonchev–Trinajstić information content (AvgIpc) is 2.49. The number of ether oxygens (including phenoxy) is 1. The van der Waals surface area contributed by atoms with Crippen molar-refractivity contribution >= 4 is 11.7 Å². The Hall–Kier alpha value is -1.98. The molecule has 0 atom stereocenters. The minimum Gasteiger partial charge on any atom is -0.464 e. The van der Waals surface area contributed by atoms with Gasteiger partial charge in [0.05, 0.1) is 7.11 Å². The van der Waals surface area contributed by atoms with Crippen molar-refractivity contribution in [2.45, 2.75) is 44.6 Å².